The largest absolute Gasteiger partial charge is 0.454 e. The highest BCUT2D eigenvalue weighted by atomic mass is 32.1. The lowest BCUT2D eigenvalue weighted by Gasteiger charge is -2.14. The Morgan fingerprint density at radius 3 is 3.09 bits per heavy atom. The van der Waals surface area contributed by atoms with Crippen LogP contribution in [0.25, 0.3) is 22.4 Å². The normalized spacial score (nSPS) is 14.6. The van der Waals surface area contributed by atoms with Gasteiger partial charge in [0.2, 0.25) is 0 Å². The maximum absolute atomic E-state index is 5.85. The number of aromatic nitrogens is 1. The molecule has 22 heavy (non-hydrogen) atoms. The fourth-order valence-electron chi connectivity index (χ4n) is 2.49. The van der Waals surface area contributed by atoms with Crippen molar-refractivity contribution in [3.05, 3.63) is 40.7 Å². The average molecular weight is 312 g/mol. The third-order valence-electron chi connectivity index (χ3n) is 3.69. The topological polar surface area (TPSA) is 53.7 Å². The van der Waals surface area contributed by atoms with Crippen molar-refractivity contribution in [1.82, 2.24) is 15.2 Å². The van der Waals surface area contributed by atoms with Crippen LogP contribution in [0.2, 0.25) is 0 Å². The number of rotatable bonds is 3. The van der Waals surface area contributed by atoms with E-state index in [0.29, 0.717) is 6.54 Å². The summed E-state index contributed by atoms with van der Waals surface area (Å²) in [6, 6.07) is 10.0. The molecule has 3 heterocycles. The number of hydrogen-bond acceptors (Lipinski definition) is 6. The lowest BCUT2D eigenvalue weighted by atomic mass is 10.2. The highest BCUT2D eigenvalue weighted by Crippen LogP contribution is 2.28. The molecule has 0 saturated heterocycles. The van der Waals surface area contributed by atoms with Crippen molar-refractivity contribution < 1.29 is 4.42 Å². The average Bonchev–Trinajstić information content (AvgIpc) is 3.24. The summed E-state index contributed by atoms with van der Waals surface area (Å²) in [5.74, 6) is 1.76. The van der Waals surface area contributed by atoms with Crippen molar-refractivity contribution in [2.75, 3.05) is 20.1 Å². The summed E-state index contributed by atoms with van der Waals surface area (Å²) in [7, 11) is 2.04. The summed E-state index contributed by atoms with van der Waals surface area (Å²) in [5, 5.41) is 7.50. The van der Waals surface area contributed by atoms with Crippen molar-refractivity contribution in [1.29, 1.82) is 0 Å². The van der Waals surface area contributed by atoms with Crippen molar-refractivity contribution in [2.24, 2.45) is 4.99 Å². The van der Waals surface area contributed by atoms with Crippen LogP contribution < -0.4 is 5.32 Å². The maximum Gasteiger partial charge on any atom is 0.194 e. The summed E-state index contributed by atoms with van der Waals surface area (Å²) in [6.45, 7) is 2.53. The van der Waals surface area contributed by atoms with Gasteiger partial charge < -0.3 is 14.6 Å². The van der Waals surface area contributed by atoms with Crippen molar-refractivity contribution in [3.8, 4) is 11.5 Å². The Kier molecular flexibility index (Phi) is 3.31. The third-order valence-corrected chi connectivity index (χ3v) is 4.53. The molecule has 0 fully saturated rings. The van der Waals surface area contributed by atoms with Crippen LogP contribution in [-0.2, 0) is 6.54 Å². The molecule has 0 saturated carbocycles. The van der Waals surface area contributed by atoms with E-state index in [1.807, 2.05) is 42.8 Å². The molecule has 0 aliphatic carbocycles. The van der Waals surface area contributed by atoms with Crippen LogP contribution >= 0.6 is 11.3 Å². The van der Waals surface area contributed by atoms with E-state index in [-0.39, 0.29) is 0 Å². The number of fused-ring (bicyclic) bond motifs is 1. The molecule has 112 valence electrons. The van der Waals surface area contributed by atoms with Crippen LogP contribution in [0.5, 0.6) is 0 Å². The van der Waals surface area contributed by atoms with Gasteiger partial charge in [-0.15, -0.1) is 11.3 Å². The Bertz CT molecular complexity index is 802. The number of thiazole rings is 1. The molecule has 0 unspecified atom stereocenters. The molecular formula is C16H16N4OS. The smallest absolute Gasteiger partial charge is 0.194 e. The fourth-order valence-corrected chi connectivity index (χ4v) is 3.21. The second-order valence-electron chi connectivity index (χ2n) is 5.26. The number of aliphatic imine (C=N–C) groups is 1. The summed E-state index contributed by atoms with van der Waals surface area (Å²) < 4.78 is 5.85. The first-order chi connectivity index (χ1) is 10.8. The summed E-state index contributed by atoms with van der Waals surface area (Å²) in [4.78, 5) is 11.2. The van der Waals surface area contributed by atoms with Crippen molar-refractivity contribution in [2.45, 2.75) is 6.54 Å². The van der Waals surface area contributed by atoms with Gasteiger partial charge in [0.15, 0.2) is 11.7 Å². The van der Waals surface area contributed by atoms with Gasteiger partial charge >= 0.3 is 0 Å². The Morgan fingerprint density at radius 1 is 1.36 bits per heavy atom. The molecule has 0 radical (unpaired) electrons. The highest BCUT2D eigenvalue weighted by Gasteiger charge is 2.13. The second kappa shape index (κ2) is 5.46. The Labute approximate surface area is 132 Å². The SMILES string of the molecule is CN1CCN=C1NCc1nc(-c2cc3ccccc3o2)cs1. The van der Waals surface area contributed by atoms with Gasteiger partial charge in [0, 0.05) is 24.4 Å². The summed E-state index contributed by atoms with van der Waals surface area (Å²) >= 11 is 1.63. The Balaban J connectivity index is 1.51. The number of hydrogen-bond donors (Lipinski definition) is 1. The van der Waals surface area contributed by atoms with Gasteiger partial charge in [-0.1, -0.05) is 18.2 Å². The number of benzene rings is 1. The van der Waals surface area contributed by atoms with Gasteiger partial charge in [-0.05, 0) is 12.1 Å². The van der Waals surface area contributed by atoms with E-state index in [1.165, 1.54) is 0 Å². The number of nitrogens with one attached hydrogen (secondary N) is 1. The predicted molar refractivity (Wildman–Crippen MR) is 89.1 cm³/mol. The number of likely N-dealkylation sites (N-methyl/N-ethyl adjacent to an activating group) is 1. The first-order valence-electron chi connectivity index (χ1n) is 7.22. The molecule has 0 atom stereocenters. The number of para-hydroxylation sites is 1. The second-order valence-corrected chi connectivity index (χ2v) is 6.20. The molecule has 0 amide bonds. The van der Waals surface area contributed by atoms with Gasteiger partial charge in [-0.2, -0.15) is 0 Å². The minimum atomic E-state index is 0.689. The maximum atomic E-state index is 5.85. The van der Waals surface area contributed by atoms with E-state index in [0.717, 1.165) is 46.5 Å². The van der Waals surface area contributed by atoms with E-state index >= 15 is 0 Å². The van der Waals surface area contributed by atoms with Crippen molar-refractivity contribution >= 4 is 28.3 Å². The van der Waals surface area contributed by atoms with Crippen LogP contribution in [0, 0.1) is 0 Å². The molecule has 1 aliphatic rings. The molecule has 0 bridgehead atoms. The zero-order chi connectivity index (χ0) is 14.9. The highest BCUT2D eigenvalue weighted by molar-refractivity contribution is 7.09. The Hall–Kier alpha value is -2.34. The summed E-state index contributed by atoms with van der Waals surface area (Å²) in [6.07, 6.45) is 0. The van der Waals surface area contributed by atoms with Gasteiger partial charge in [-0.25, -0.2) is 4.98 Å². The molecule has 1 N–H and O–H groups in total. The monoisotopic (exact) mass is 312 g/mol. The Morgan fingerprint density at radius 2 is 2.27 bits per heavy atom. The summed E-state index contributed by atoms with van der Waals surface area (Å²) in [5.41, 5.74) is 1.78. The van der Waals surface area contributed by atoms with Crippen molar-refractivity contribution in [3.63, 3.8) is 0 Å². The van der Waals surface area contributed by atoms with Crippen LogP contribution in [-0.4, -0.2) is 36.0 Å². The molecule has 3 aromatic rings. The zero-order valence-electron chi connectivity index (χ0n) is 12.2. The van der Waals surface area contributed by atoms with Crippen LogP contribution in [0.3, 0.4) is 0 Å². The predicted octanol–water partition coefficient (Wildman–Crippen LogP) is 2.95. The number of nitrogens with zero attached hydrogens (tertiary/aromatic N) is 3. The van der Waals surface area contributed by atoms with Crippen LogP contribution in [0.1, 0.15) is 5.01 Å². The van der Waals surface area contributed by atoms with E-state index in [4.69, 9.17) is 4.42 Å². The van der Waals surface area contributed by atoms with Gasteiger partial charge in [0.25, 0.3) is 0 Å². The number of guanidine groups is 1. The molecule has 6 heteroatoms. The lowest BCUT2D eigenvalue weighted by Crippen LogP contribution is -2.35. The van der Waals surface area contributed by atoms with Gasteiger partial charge in [-0.3, -0.25) is 4.99 Å². The molecule has 4 rings (SSSR count). The quantitative estimate of drug-likeness (QED) is 0.808. The van der Waals surface area contributed by atoms with E-state index < -0.39 is 0 Å². The van der Waals surface area contributed by atoms with Crippen LogP contribution in [0.15, 0.2) is 45.1 Å². The first kappa shape index (κ1) is 13.3. The minimum Gasteiger partial charge on any atom is -0.454 e. The number of furan rings is 1. The van der Waals surface area contributed by atoms with E-state index in [9.17, 15) is 0 Å². The molecule has 5 nitrogen and oxygen atoms in total. The fraction of sp³-hybridized carbons (Fsp3) is 0.250. The first-order valence-corrected chi connectivity index (χ1v) is 8.10. The standard InChI is InChI=1S/C16H16N4OS/c1-20-7-6-17-16(20)18-9-15-19-12(10-22-15)14-8-11-4-2-3-5-13(11)21-14/h2-5,8,10H,6-7,9H2,1H3,(H,17,18). The lowest BCUT2D eigenvalue weighted by molar-refractivity contribution is 0.534. The molecule has 2 aromatic heterocycles. The third kappa shape index (κ3) is 2.46. The molecule has 1 aliphatic heterocycles. The molecular weight excluding hydrogens is 296 g/mol. The van der Waals surface area contributed by atoms with Crippen LogP contribution in [0.4, 0.5) is 0 Å². The van der Waals surface area contributed by atoms with Gasteiger partial charge in [0.05, 0.1) is 13.1 Å². The molecule has 1 aromatic carbocycles. The van der Waals surface area contributed by atoms with E-state index in [1.54, 1.807) is 11.3 Å². The zero-order valence-corrected chi connectivity index (χ0v) is 13.1. The molecule has 0 spiro atoms. The minimum absolute atomic E-state index is 0.689. The van der Waals surface area contributed by atoms with Gasteiger partial charge in [0.1, 0.15) is 16.3 Å². The van der Waals surface area contributed by atoms with E-state index in [2.05, 4.69) is 20.2 Å².